The first-order valence-corrected chi connectivity index (χ1v) is 11.3. The Morgan fingerprint density at radius 1 is 1.03 bits per heavy atom. The summed E-state index contributed by atoms with van der Waals surface area (Å²) in [5.74, 6) is 1.62. The summed E-state index contributed by atoms with van der Waals surface area (Å²) in [7, 11) is 3.54. The molecule has 0 aliphatic carbocycles. The fraction of sp³-hybridized carbons (Fsp3) is 0.0800. The van der Waals surface area contributed by atoms with E-state index < -0.39 is 0 Å². The van der Waals surface area contributed by atoms with Gasteiger partial charge in [-0.25, -0.2) is 4.98 Å². The number of carbonyl (C=O) groups is 1. The van der Waals surface area contributed by atoms with E-state index in [1.165, 1.54) is 5.56 Å². The highest BCUT2D eigenvalue weighted by Crippen LogP contribution is 2.30. The number of carbonyl (C=O) groups excluding carboxylic acids is 1. The number of hydrogen-bond donors (Lipinski definition) is 2. The molecule has 8 heteroatoms. The zero-order chi connectivity index (χ0) is 22.8. The van der Waals surface area contributed by atoms with Crippen molar-refractivity contribution in [3.8, 4) is 22.6 Å². The average Bonchev–Trinajstić information content (AvgIpc) is 3.48. The smallest absolute Gasteiger partial charge is 0.269 e. The Bertz CT molecular complexity index is 1440. The maximum atomic E-state index is 11.8. The van der Waals surface area contributed by atoms with Crippen LogP contribution in [-0.2, 0) is 7.05 Å². The standard InChI is InChI=1S/C25H21N5O2S/c1-26-24(31)22-14-20(8-10-27-22)32-19-6-7-23-21(13-19)29-25(30(23)2)28-18-5-3-4-16(12-18)17-9-11-33-15-17/h3-15H,1-2H3,(H,26,31)(H,28,29). The van der Waals surface area contributed by atoms with Gasteiger partial charge in [0, 0.05) is 38.1 Å². The Balaban J connectivity index is 1.40. The third kappa shape index (κ3) is 4.28. The number of amides is 1. The van der Waals surface area contributed by atoms with Gasteiger partial charge in [-0.15, -0.1) is 0 Å². The highest BCUT2D eigenvalue weighted by atomic mass is 32.1. The van der Waals surface area contributed by atoms with Crippen LogP contribution in [-0.4, -0.2) is 27.5 Å². The molecule has 0 saturated carbocycles. The van der Waals surface area contributed by atoms with Crippen LogP contribution in [0.15, 0.2) is 77.6 Å². The predicted molar refractivity (Wildman–Crippen MR) is 131 cm³/mol. The molecule has 33 heavy (non-hydrogen) atoms. The lowest BCUT2D eigenvalue weighted by Crippen LogP contribution is -2.18. The minimum atomic E-state index is -0.264. The zero-order valence-electron chi connectivity index (χ0n) is 18.1. The molecule has 0 saturated heterocycles. The van der Waals surface area contributed by atoms with E-state index in [1.54, 1.807) is 36.7 Å². The SMILES string of the molecule is CNC(=O)c1cc(Oc2ccc3c(c2)nc(Nc2cccc(-c4ccsc4)c2)n3C)ccn1. The average molecular weight is 456 g/mol. The summed E-state index contributed by atoms with van der Waals surface area (Å²) >= 11 is 1.68. The molecule has 3 aromatic heterocycles. The van der Waals surface area contributed by atoms with Crippen molar-refractivity contribution < 1.29 is 9.53 Å². The molecule has 0 fully saturated rings. The van der Waals surface area contributed by atoms with Gasteiger partial charge >= 0.3 is 0 Å². The summed E-state index contributed by atoms with van der Waals surface area (Å²) < 4.78 is 7.96. The molecule has 0 atom stereocenters. The van der Waals surface area contributed by atoms with Gasteiger partial charge in [-0.3, -0.25) is 9.78 Å². The van der Waals surface area contributed by atoms with Crippen molar-refractivity contribution in [1.82, 2.24) is 19.9 Å². The molecule has 0 aliphatic heterocycles. The summed E-state index contributed by atoms with van der Waals surface area (Å²) in [6.07, 6.45) is 1.55. The van der Waals surface area contributed by atoms with Gasteiger partial charge in [0.15, 0.2) is 0 Å². The van der Waals surface area contributed by atoms with E-state index in [9.17, 15) is 4.79 Å². The molecule has 5 rings (SSSR count). The number of thiophene rings is 1. The summed E-state index contributed by atoms with van der Waals surface area (Å²) in [5.41, 5.74) is 5.39. The summed E-state index contributed by atoms with van der Waals surface area (Å²) in [5, 5.41) is 10.2. The van der Waals surface area contributed by atoms with E-state index in [1.807, 2.05) is 41.9 Å². The van der Waals surface area contributed by atoms with Gasteiger partial charge in [-0.2, -0.15) is 11.3 Å². The molecule has 3 heterocycles. The van der Waals surface area contributed by atoms with Crippen LogP contribution in [0.25, 0.3) is 22.2 Å². The number of nitrogens with zero attached hydrogens (tertiary/aromatic N) is 3. The highest BCUT2D eigenvalue weighted by Gasteiger charge is 2.11. The third-order valence-corrected chi connectivity index (χ3v) is 5.94. The van der Waals surface area contributed by atoms with Gasteiger partial charge in [-0.1, -0.05) is 12.1 Å². The van der Waals surface area contributed by atoms with Crippen LogP contribution in [0.3, 0.4) is 0 Å². The Morgan fingerprint density at radius 2 is 1.91 bits per heavy atom. The number of aryl methyl sites for hydroxylation is 1. The Labute approximate surface area is 194 Å². The lowest BCUT2D eigenvalue weighted by Gasteiger charge is -2.08. The largest absolute Gasteiger partial charge is 0.457 e. The van der Waals surface area contributed by atoms with Crippen molar-refractivity contribution in [1.29, 1.82) is 0 Å². The van der Waals surface area contributed by atoms with E-state index in [0.29, 0.717) is 17.2 Å². The van der Waals surface area contributed by atoms with E-state index in [0.717, 1.165) is 28.2 Å². The van der Waals surface area contributed by atoms with E-state index in [-0.39, 0.29) is 5.91 Å². The molecule has 2 aromatic carbocycles. The first-order chi connectivity index (χ1) is 16.1. The molecule has 0 radical (unpaired) electrons. The molecule has 7 nitrogen and oxygen atoms in total. The Kier molecular flexibility index (Phi) is 5.50. The first-order valence-electron chi connectivity index (χ1n) is 10.3. The van der Waals surface area contributed by atoms with Gasteiger partial charge in [0.1, 0.15) is 17.2 Å². The number of pyridine rings is 1. The quantitative estimate of drug-likeness (QED) is 0.349. The number of nitrogens with one attached hydrogen (secondary N) is 2. The summed E-state index contributed by atoms with van der Waals surface area (Å²) in [6, 6.07) is 19.4. The van der Waals surface area contributed by atoms with Crippen LogP contribution in [0.5, 0.6) is 11.5 Å². The van der Waals surface area contributed by atoms with Gasteiger partial charge in [0.05, 0.1) is 11.0 Å². The van der Waals surface area contributed by atoms with Crippen molar-refractivity contribution in [3.05, 3.63) is 83.3 Å². The van der Waals surface area contributed by atoms with Crippen LogP contribution in [0.1, 0.15) is 10.5 Å². The molecule has 1 amide bonds. The highest BCUT2D eigenvalue weighted by molar-refractivity contribution is 7.08. The number of rotatable bonds is 6. The van der Waals surface area contributed by atoms with Crippen LogP contribution in [0, 0.1) is 0 Å². The third-order valence-electron chi connectivity index (χ3n) is 5.25. The fourth-order valence-corrected chi connectivity index (χ4v) is 4.22. The summed E-state index contributed by atoms with van der Waals surface area (Å²) in [6.45, 7) is 0. The van der Waals surface area contributed by atoms with E-state index in [2.05, 4.69) is 44.6 Å². The molecular weight excluding hydrogens is 434 g/mol. The number of hydrogen-bond acceptors (Lipinski definition) is 6. The zero-order valence-corrected chi connectivity index (χ0v) is 18.9. The number of aromatic nitrogens is 3. The number of anilines is 2. The maximum Gasteiger partial charge on any atom is 0.269 e. The Morgan fingerprint density at radius 3 is 2.73 bits per heavy atom. The van der Waals surface area contributed by atoms with E-state index in [4.69, 9.17) is 9.72 Å². The molecular formula is C25H21N5O2S. The second-order valence-corrected chi connectivity index (χ2v) is 8.20. The van der Waals surface area contributed by atoms with Crippen LogP contribution in [0.4, 0.5) is 11.6 Å². The fourth-order valence-electron chi connectivity index (χ4n) is 3.55. The minimum Gasteiger partial charge on any atom is -0.457 e. The van der Waals surface area contributed by atoms with Gasteiger partial charge in [0.2, 0.25) is 5.95 Å². The molecule has 164 valence electrons. The monoisotopic (exact) mass is 455 g/mol. The number of fused-ring (bicyclic) bond motifs is 1. The van der Waals surface area contributed by atoms with Crippen molar-refractivity contribution in [2.24, 2.45) is 7.05 Å². The van der Waals surface area contributed by atoms with Gasteiger partial charge in [0.25, 0.3) is 5.91 Å². The lowest BCUT2D eigenvalue weighted by atomic mass is 10.1. The Hall–Kier alpha value is -4.17. The van der Waals surface area contributed by atoms with Crippen molar-refractivity contribution in [2.75, 3.05) is 12.4 Å². The minimum absolute atomic E-state index is 0.264. The number of benzene rings is 2. The van der Waals surface area contributed by atoms with Crippen LogP contribution in [0.2, 0.25) is 0 Å². The van der Waals surface area contributed by atoms with Crippen molar-refractivity contribution in [3.63, 3.8) is 0 Å². The number of ether oxygens (including phenoxy) is 1. The lowest BCUT2D eigenvalue weighted by molar-refractivity contribution is 0.0958. The van der Waals surface area contributed by atoms with Gasteiger partial charge < -0.3 is 19.9 Å². The molecule has 5 aromatic rings. The second-order valence-electron chi connectivity index (χ2n) is 7.42. The van der Waals surface area contributed by atoms with Crippen LogP contribution < -0.4 is 15.4 Å². The number of imidazole rings is 1. The maximum absolute atomic E-state index is 11.8. The second kappa shape index (κ2) is 8.76. The first kappa shape index (κ1) is 20.7. The molecule has 0 bridgehead atoms. The van der Waals surface area contributed by atoms with Crippen molar-refractivity contribution >= 4 is 39.9 Å². The van der Waals surface area contributed by atoms with Crippen molar-refractivity contribution in [2.45, 2.75) is 0 Å². The molecule has 2 N–H and O–H groups in total. The normalized spacial score (nSPS) is 10.8. The molecule has 0 spiro atoms. The topological polar surface area (TPSA) is 81.1 Å². The summed E-state index contributed by atoms with van der Waals surface area (Å²) in [4.78, 5) is 20.6. The van der Waals surface area contributed by atoms with Crippen LogP contribution >= 0.6 is 11.3 Å². The molecule has 0 aliphatic rings. The predicted octanol–water partition coefficient (Wildman–Crippen LogP) is 5.59. The molecule has 0 unspecified atom stereocenters. The van der Waals surface area contributed by atoms with Gasteiger partial charge in [-0.05, 0) is 58.3 Å². The van der Waals surface area contributed by atoms with E-state index >= 15 is 0 Å².